The second-order valence-electron chi connectivity index (χ2n) is 2.67. The lowest BCUT2D eigenvalue weighted by atomic mass is 10.1. The average Bonchev–Trinajstić information content (AvgIpc) is 1.82. The minimum atomic E-state index is -0.0515. The molecule has 2 N–H and O–H groups in total. The van der Waals surface area contributed by atoms with Crippen LogP contribution in [0, 0.1) is 0 Å². The summed E-state index contributed by atoms with van der Waals surface area (Å²) in [6.07, 6.45) is 2.83. The highest BCUT2D eigenvalue weighted by Crippen LogP contribution is 2.23. The van der Waals surface area contributed by atoms with Crippen LogP contribution in [0.25, 0.3) is 0 Å². The molecule has 0 aromatic carbocycles. The van der Waals surface area contributed by atoms with Gasteiger partial charge in [0.2, 0.25) is 0 Å². The van der Waals surface area contributed by atoms with Crippen LogP contribution in [0.5, 0.6) is 0 Å². The van der Waals surface area contributed by atoms with Crippen molar-refractivity contribution in [3.05, 3.63) is 12.0 Å². The number of hydrogen-bond acceptors (Lipinski definition) is 2. The number of ether oxygens (including phenoxy) is 1. The average molecular weight is 113 g/mol. The maximum atomic E-state index is 5.35. The molecule has 1 aliphatic heterocycles. The Labute approximate surface area is 49.3 Å². The third-order valence-corrected chi connectivity index (χ3v) is 1.19. The van der Waals surface area contributed by atoms with E-state index in [0.29, 0.717) is 5.88 Å². The smallest absolute Gasteiger partial charge is 0.180 e. The maximum absolute atomic E-state index is 5.35. The van der Waals surface area contributed by atoms with Crippen molar-refractivity contribution in [2.24, 2.45) is 5.73 Å². The van der Waals surface area contributed by atoms with Crippen LogP contribution in [-0.4, -0.2) is 5.60 Å². The largest absolute Gasteiger partial charge is 0.473 e. The summed E-state index contributed by atoms with van der Waals surface area (Å²) in [6.45, 7) is 4.03. The van der Waals surface area contributed by atoms with Gasteiger partial charge in [0.15, 0.2) is 5.88 Å². The first-order valence-corrected chi connectivity index (χ1v) is 2.75. The molecule has 2 nitrogen and oxygen atoms in total. The molecule has 1 heterocycles. The Kier molecular flexibility index (Phi) is 0.962. The highest BCUT2D eigenvalue weighted by atomic mass is 16.5. The molecule has 46 valence electrons. The predicted octanol–water partition coefficient (Wildman–Crippen LogP) is 0.985. The summed E-state index contributed by atoms with van der Waals surface area (Å²) in [5, 5.41) is 0. The van der Waals surface area contributed by atoms with Crippen LogP contribution in [0.1, 0.15) is 20.3 Å². The van der Waals surface area contributed by atoms with Crippen molar-refractivity contribution in [1.82, 2.24) is 0 Å². The SMILES string of the molecule is CC1(C)CC=C(N)O1. The van der Waals surface area contributed by atoms with E-state index in [0.717, 1.165) is 6.42 Å². The van der Waals surface area contributed by atoms with Gasteiger partial charge in [-0.2, -0.15) is 0 Å². The molecule has 0 unspecified atom stereocenters. The van der Waals surface area contributed by atoms with Gasteiger partial charge in [-0.05, 0) is 19.9 Å². The first kappa shape index (κ1) is 5.48. The Morgan fingerprint density at radius 3 is 2.50 bits per heavy atom. The minimum absolute atomic E-state index is 0.0515. The fourth-order valence-electron chi connectivity index (χ4n) is 0.749. The first-order chi connectivity index (χ1) is 3.60. The van der Waals surface area contributed by atoms with E-state index in [4.69, 9.17) is 10.5 Å². The summed E-state index contributed by atoms with van der Waals surface area (Å²) in [4.78, 5) is 0. The monoisotopic (exact) mass is 113 g/mol. The van der Waals surface area contributed by atoms with E-state index in [1.165, 1.54) is 0 Å². The highest BCUT2D eigenvalue weighted by molar-refractivity contribution is 5.00. The Hall–Kier alpha value is -0.660. The summed E-state index contributed by atoms with van der Waals surface area (Å²) >= 11 is 0. The first-order valence-electron chi connectivity index (χ1n) is 2.75. The van der Waals surface area contributed by atoms with E-state index in [1.54, 1.807) is 0 Å². The molecule has 0 bridgehead atoms. The van der Waals surface area contributed by atoms with Crippen LogP contribution in [0.15, 0.2) is 12.0 Å². The molecule has 8 heavy (non-hydrogen) atoms. The van der Waals surface area contributed by atoms with Crippen molar-refractivity contribution >= 4 is 0 Å². The van der Waals surface area contributed by atoms with Gasteiger partial charge in [0.25, 0.3) is 0 Å². The summed E-state index contributed by atoms with van der Waals surface area (Å²) < 4.78 is 5.19. The zero-order valence-electron chi connectivity index (χ0n) is 5.27. The molecule has 2 heteroatoms. The number of rotatable bonds is 0. The van der Waals surface area contributed by atoms with Crippen LogP contribution in [-0.2, 0) is 4.74 Å². The number of nitrogens with two attached hydrogens (primary N) is 1. The van der Waals surface area contributed by atoms with Gasteiger partial charge in [-0.15, -0.1) is 0 Å². The molecule has 0 radical (unpaired) electrons. The highest BCUT2D eigenvalue weighted by Gasteiger charge is 2.23. The second kappa shape index (κ2) is 1.41. The van der Waals surface area contributed by atoms with E-state index in [1.807, 2.05) is 19.9 Å². The Bertz CT molecular complexity index is 126. The summed E-state index contributed by atoms with van der Waals surface area (Å²) in [6, 6.07) is 0. The van der Waals surface area contributed by atoms with Crippen molar-refractivity contribution in [2.75, 3.05) is 0 Å². The summed E-state index contributed by atoms with van der Waals surface area (Å²) in [5.41, 5.74) is 5.30. The standard InChI is InChI=1S/C6H11NO/c1-6(2)4-3-5(7)8-6/h3H,4,7H2,1-2H3. The van der Waals surface area contributed by atoms with Crippen molar-refractivity contribution in [1.29, 1.82) is 0 Å². The van der Waals surface area contributed by atoms with E-state index >= 15 is 0 Å². The lowest BCUT2D eigenvalue weighted by Gasteiger charge is -2.17. The fourth-order valence-corrected chi connectivity index (χ4v) is 0.749. The fraction of sp³-hybridized carbons (Fsp3) is 0.667. The van der Waals surface area contributed by atoms with E-state index < -0.39 is 0 Å². The van der Waals surface area contributed by atoms with Crippen LogP contribution < -0.4 is 5.73 Å². The van der Waals surface area contributed by atoms with Crippen molar-refractivity contribution in [3.63, 3.8) is 0 Å². The molecular weight excluding hydrogens is 102 g/mol. The van der Waals surface area contributed by atoms with Crippen LogP contribution >= 0.6 is 0 Å². The van der Waals surface area contributed by atoms with E-state index in [9.17, 15) is 0 Å². The van der Waals surface area contributed by atoms with Gasteiger partial charge in [0.1, 0.15) is 5.60 Å². The van der Waals surface area contributed by atoms with Crippen LogP contribution in [0.4, 0.5) is 0 Å². The van der Waals surface area contributed by atoms with Gasteiger partial charge >= 0.3 is 0 Å². The quantitative estimate of drug-likeness (QED) is 0.508. The minimum Gasteiger partial charge on any atom is -0.473 e. The molecule has 0 aromatic heterocycles. The van der Waals surface area contributed by atoms with Crippen molar-refractivity contribution < 1.29 is 4.74 Å². The molecule has 0 fully saturated rings. The molecule has 0 saturated heterocycles. The molecule has 0 atom stereocenters. The van der Waals surface area contributed by atoms with Crippen molar-refractivity contribution in [2.45, 2.75) is 25.9 Å². The Balaban J connectivity index is 2.55. The summed E-state index contributed by atoms with van der Waals surface area (Å²) in [5.74, 6) is 0.565. The van der Waals surface area contributed by atoms with Gasteiger partial charge in [0, 0.05) is 6.42 Å². The van der Waals surface area contributed by atoms with Gasteiger partial charge in [0.05, 0.1) is 0 Å². The molecule has 0 spiro atoms. The second-order valence-corrected chi connectivity index (χ2v) is 2.67. The normalized spacial score (nSPS) is 24.5. The lowest BCUT2D eigenvalue weighted by molar-refractivity contribution is 0.0601. The van der Waals surface area contributed by atoms with Gasteiger partial charge < -0.3 is 10.5 Å². The maximum Gasteiger partial charge on any atom is 0.180 e. The molecule has 0 saturated carbocycles. The molecule has 1 rings (SSSR count). The van der Waals surface area contributed by atoms with Crippen LogP contribution in [0.3, 0.4) is 0 Å². The molecular formula is C6H11NO. The van der Waals surface area contributed by atoms with Crippen LogP contribution in [0.2, 0.25) is 0 Å². The lowest BCUT2D eigenvalue weighted by Crippen LogP contribution is -2.19. The predicted molar refractivity (Wildman–Crippen MR) is 32.1 cm³/mol. The molecule has 1 aliphatic rings. The van der Waals surface area contributed by atoms with Gasteiger partial charge in [-0.25, -0.2) is 0 Å². The van der Waals surface area contributed by atoms with Gasteiger partial charge in [-0.3, -0.25) is 0 Å². The summed E-state index contributed by atoms with van der Waals surface area (Å²) in [7, 11) is 0. The zero-order valence-corrected chi connectivity index (χ0v) is 5.27. The topological polar surface area (TPSA) is 35.2 Å². The number of hydrogen-bond donors (Lipinski definition) is 1. The Morgan fingerprint density at radius 1 is 1.75 bits per heavy atom. The van der Waals surface area contributed by atoms with E-state index in [-0.39, 0.29) is 5.60 Å². The molecule has 0 aromatic rings. The van der Waals surface area contributed by atoms with Gasteiger partial charge in [-0.1, -0.05) is 0 Å². The third-order valence-electron chi connectivity index (χ3n) is 1.19. The third kappa shape index (κ3) is 0.941. The zero-order chi connectivity index (χ0) is 6.20. The Morgan fingerprint density at radius 2 is 2.38 bits per heavy atom. The van der Waals surface area contributed by atoms with Crippen molar-refractivity contribution in [3.8, 4) is 0 Å². The molecule has 0 aliphatic carbocycles. The van der Waals surface area contributed by atoms with E-state index in [2.05, 4.69) is 0 Å². The molecule has 0 amide bonds.